The van der Waals surface area contributed by atoms with Gasteiger partial charge in [-0.1, -0.05) is 32.4 Å². The minimum absolute atomic E-state index is 0.0728. The van der Waals surface area contributed by atoms with Crippen LogP contribution in [-0.4, -0.2) is 20.0 Å². The van der Waals surface area contributed by atoms with Gasteiger partial charge in [0, 0.05) is 6.20 Å². The average molecular weight is 264 g/mol. The Labute approximate surface area is 101 Å². The molecule has 0 saturated heterocycles. The van der Waals surface area contributed by atoms with Crippen LogP contribution in [0.2, 0.25) is 5.15 Å². The van der Waals surface area contributed by atoms with Crippen LogP contribution in [0.15, 0.2) is 23.2 Å². The van der Waals surface area contributed by atoms with Crippen molar-refractivity contribution < 1.29 is 12.6 Å². The Morgan fingerprint density at radius 3 is 2.56 bits per heavy atom. The van der Waals surface area contributed by atoms with Gasteiger partial charge in [-0.2, -0.15) is 8.42 Å². The summed E-state index contributed by atoms with van der Waals surface area (Å²) in [7, 11) is -3.82. The molecule has 0 aromatic carbocycles. The predicted molar refractivity (Wildman–Crippen MR) is 61.8 cm³/mol. The number of pyridine rings is 1. The first-order chi connectivity index (χ1) is 7.22. The number of hydrogen-bond acceptors (Lipinski definition) is 4. The van der Waals surface area contributed by atoms with E-state index in [1.807, 2.05) is 20.8 Å². The highest BCUT2D eigenvalue weighted by atomic mass is 35.5. The lowest BCUT2D eigenvalue weighted by atomic mass is 9.99. The molecule has 1 heterocycles. The van der Waals surface area contributed by atoms with E-state index in [9.17, 15) is 8.42 Å². The van der Waals surface area contributed by atoms with E-state index in [1.165, 1.54) is 18.3 Å². The zero-order valence-corrected chi connectivity index (χ0v) is 11.0. The Kier molecular flexibility index (Phi) is 3.93. The molecule has 0 aliphatic rings. The highest BCUT2D eigenvalue weighted by Gasteiger charge is 2.22. The molecular formula is C10H14ClNO3S. The standard InChI is InChI=1S/C10H14ClNO3S/c1-10(2,3)7-15-16(13,14)8-5-4-6-12-9(8)11/h4-6H,7H2,1-3H3. The molecule has 6 heteroatoms. The first-order valence-electron chi connectivity index (χ1n) is 4.72. The van der Waals surface area contributed by atoms with Crippen molar-refractivity contribution in [1.82, 2.24) is 4.98 Å². The van der Waals surface area contributed by atoms with Crippen LogP contribution in [-0.2, 0) is 14.3 Å². The second-order valence-corrected chi connectivity index (χ2v) is 6.51. The molecule has 0 radical (unpaired) electrons. The molecule has 0 fully saturated rings. The monoisotopic (exact) mass is 263 g/mol. The van der Waals surface area contributed by atoms with Gasteiger partial charge in [-0.05, 0) is 17.5 Å². The molecular weight excluding hydrogens is 250 g/mol. The molecule has 0 atom stereocenters. The molecule has 1 aromatic heterocycles. The molecule has 0 amide bonds. The molecule has 1 rings (SSSR count). The maximum atomic E-state index is 11.8. The first-order valence-corrected chi connectivity index (χ1v) is 6.51. The van der Waals surface area contributed by atoms with Crippen LogP contribution in [0, 0.1) is 5.41 Å². The number of nitrogens with zero attached hydrogens (tertiary/aromatic N) is 1. The van der Waals surface area contributed by atoms with Gasteiger partial charge >= 0.3 is 0 Å². The smallest absolute Gasteiger partial charge is 0.266 e. The third-order valence-electron chi connectivity index (χ3n) is 1.64. The second kappa shape index (κ2) is 4.69. The molecule has 16 heavy (non-hydrogen) atoms. The highest BCUT2D eigenvalue weighted by Crippen LogP contribution is 2.22. The second-order valence-electron chi connectivity index (χ2n) is 4.57. The summed E-state index contributed by atoms with van der Waals surface area (Å²) in [5, 5.41) is -0.0728. The van der Waals surface area contributed by atoms with Crippen molar-refractivity contribution >= 4 is 21.7 Å². The Morgan fingerprint density at radius 1 is 1.44 bits per heavy atom. The molecule has 0 bridgehead atoms. The lowest BCUT2D eigenvalue weighted by Crippen LogP contribution is -2.19. The summed E-state index contributed by atoms with van der Waals surface area (Å²) in [5.74, 6) is 0. The summed E-state index contributed by atoms with van der Waals surface area (Å²) < 4.78 is 28.4. The van der Waals surface area contributed by atoms with Crippen LogP contribution >= 0.6 is 11.6 Å². The van der Waals surface area contributed by atoms with Gasteiger partial charge in [-0.15, -0.1) is 0 Å². The van der Waals surface area contributed by atoms with Gasteiger partial charge in [0.1, 0.15) is 10.0 Å². The molecule has 0 aliphatic carbocycles. The van der Waals surface area contributed by atoms with Gasteiger partial charge < -0.3 is 0 Å². The van der Waals surface area contributed by atoms with Crippen molar-refractivity contribution in [2.45, 2.75) is 25.7 Å². The lowest BCUT2D eigenvalue weighted by Gasteiger charge is -2.17. The Morgan fingerprint density at radius 2 is 2.06 bits per heavy atom. The van der Waals surface area contributed by atoms with E-state index >= 15 is 0 Å². The zero-order chi connectivity index (χ0) is 12.4. The maximum absolute atomic E-state index is 11.8. The summed E-state index contributed by atoms with van der Waals surface area (Å²) in [4.78, 5) is 3.60. The lowest BCUT2D eigenvalue weighted by molar-refractivity contribution is 0.203. The highest BCUT2D eigenvalue weighted by molar-refractivity contribution is 7.86. The van der Waals surface area contributed by atoms with E-state index in [0.717, 1.165) is 0 Å². The number of hydrogen-bond donors (Lipinski definition) is 0. The molecule has 0 unspecified atom stereocenters. The van der Waals surface area contributed by atoms with E-state index in [0.29, 0.717) is 0 Å². The molecule has 0 saturated carbocycles. The third-order valence-corrected chi connectivity index (χ3v) is 3.35. The molecule has 0 spiro atoms. The van der Waals surface area contributed by atoms with Gasteiger partial charge in [-0.25, -0.2) is 4.98 Å². The van der Waals surface area contributed by atoms with Gasteiger partial charge in [0.05, 0.1) is 6.61 Å². The van der Waals surface area contributed by atoms with Crippen molar-refractivity contribution in [3.63, 3.8) is 0 Å². The van der Waals surface area contributed by atoms with Gasteiger partial charge in [-0.3, -0.25) is 4.18 Å². The van der Waals surface area contributed by atoms with Crippen molar-refractivity contribution in [3.05, 3.63) is 23.5 Å². The van der Waals surface area contributed by atoms with Crippen molar-refractivity contribution in [2.75, 3.05) is 6.61 Å². The zero-order valence-electron chi connectivity index (χ0n) is 9.40. The minimum atomic E-state index is -3.82. The van der Waals surface area contributed by atoms with Gasteiger partial charge in [0.2, 0.25) is 0 Å². The maximum Gasteiger partial charge on any atom is 0.300 e. The van der Waals surface area contributed by atoms with Crippen LogP contribution in [0.4, 0.5) is 0 Å². The van der Waals surface area contributed by atoms with E-state index in [1.54, 1.807) is 0 Å². The fraction of sp³-hybridized carbons (Fsp3) is 0.500. The van der Waals surface area contributed by atoms with E-state index in [2.05, 4.69) is 4.98 Å². The summed E-state index contributed by atoms with van der Waals surface area (Å²) in [6, 6.07) is 2.87. The first kappa shape index (κ1) is 13.4. The SMILES string of the molecule is CC(C)(C)COS(=O)(=O)c1cccnc1Cl. The van der Waals surface area contributed by atoms with Crippen LogP contribution in [0.25, 0.3) is 0 Å². The van der Waals surface area contributed by atoms with Crippen LogP contribution in [0.1, 0.15) is 20.8 Å². The predicted octanol–water partition coefficient (Wildman–Crippen LogP) is 2.49. The molecule has 1 aromatic rings. The summed E-state index contributed by atoms with van der Waals surface area (Å²) >= 11 is 5.69. The van der Waals surface area contributed by atoms with Crippen molar-refractivity contribution in [1.29, 1.82) is 0 Å². The normalized spacial score (nSPS) is 12.8. The summed E-state index contributed by atoms with van der Waals surface area (Å²) in [6.45, 7) is 5.74. The van der Waals surface area contributed by atoms with E-state index in [-0.39, 0.29) is 22.1 Å². The third kappa shape index (κ3) is 3.73. The number of aromatic nitrogens is 1. The number of halogens is 1. The Bertz CT molecular complexity index is 465. The summed E-state index contributed by atoms with van der Waals surface area (Å²) in [6.07, 6.45) is 1.42. The fourth-order valence-corrected chi connectivity index (χ4v) is 2.42. The average Bonchev–Trinajstić information content (AvgIpc) is 2.14. The van der Waals surface area contributed by atoms with E-state index in [4.69, 9.17) is 15.8 Å². The summed E-state index contributed by atoms with van der Waals surface area (Å²) in [5.41, 5.74) is -0.234. The van der Waals surface area contributed by atoms with Crippen molar-refractivity contribution in [2.24, 2.45) is 5.41 Å². The molecule has 0 N–H and O–H groups in total. The largest absolute Gasteiger partial charge is 0.300 e. The molecule has 0 aliphatic heterocycles. The van der Waals surface area contributed by atoms with Crippen LogP contribution in [0.5, 0.6) is 0 Å². The minimum Gasteiger partial charge on any atom is -0.266 e. The van der Waals surface area contributed by atoms with Gasteiger partial charge in [0.15, 0.2) is 0 Å². The fourth-order valence-electron chi connectivity index (χ4n) is 0.876. The number of rotatable bonds is 3. The molecule has 4 nitrogen and oxygen atoms in total. The van der Waals surface area contributed by atoms with Gasteiger partial charge in [0.25, 0.3) is 10.1 Å². The quantitative estimate of drug-likeness (QED) is 0.621. The topological polar surface area (TPSA) is 56.3 Å². The van der Waals surface area contributed by atoms with Crippen molar-refractivity contribution in [3.8, 4) is 0 Å². The Hall–Kier alpha value is -0.650. The molecule has 90 valence electrons. The Balaban J connectivity index is 2.92. The van der Waals surface area contributed by atoms with E-state index < -0.39 is 10.1 Å². The van der Waals surface area contributed by atoms with Crippen LogP contribution < -0.4 is 0 Å². The van der Waals surface area contributed by atoms with Crippen LogP contribution in [0.3, 0.4) is 0 Å².